The Bertz CT molecular complexity index is 711. The second-order valence-corrected chi connectivity index (χ2v) is 5.87. The van der Waals surface area contributed by atoms with Gasteiger partial charge in [-0.15, -0.1) is 18.3 Å². The molecule has 0 aliphatic heterocycles. The zero-order valence-corrected chi connectivity index (χ0v) is 12.0. The largest absolute Gasteiger partial charge is 0.114 e. The highest BCUT2D eigenvalue weighted by Gasteiger charge is 2.12. The van der Waals surface area contributed by atoms with Gasteiger partial charge >= 0.3 is 0 Å². The summed E-state index contributed by atoms with van der Waals surface area (Å²) in [7, 11) is 0. The van der Waals surface area contributed by atoms with Crippen molar-refractivity contribution in [3.8, 4) is 0 Å². The summed E-state index contributed by atoms with van der Waals surface area (Å²) < 4.78 is 0. The molecule has 0 bridgehead atoms. The van der Waals surface area contributed by atoms with Crippen LogP contribution in [0.5, 0.6) is 0 Å². The van der Waals surface area contributed by atoms with Gasteiger partial charge in [-0.1, -0.05) is 66.7 Å². The van der Waals surface area contributed by atoms with Crippen LogP contribution in [-0.2, 0) is 0 Å². The first-order chi connectivity index (χ1) is 9.88. The summed E-state index contributed by atoms with van der Waals surface area (Å²) in [6.45, 7) is 4.02. The van der Waals surface area contributed by atoms with Gasteiger partial charge in [0.2, 0.25) is 0 Å². The van der Waals surface area contributed by atoms with Gasteiger partial charge in [-0.05, 0) is 28.5 Å². The Morgan fingerprint density at radius 1 is 0.800 bits per heavy atom. The van der Waals surface area contributed by atoms with Crippen molar-refractivity contribution in [1.29, 1.82) is 0 Å². The van der Waals surface area contributed by atoms with Crippen LogP contribution in [0.15, 0.2) is 90.3 Å². The lowest BCUT2D eigenvalue weighted by Gasteiger charge is -2.15. The van der Waals surface area contributed by atoms with Crippen molar-refractivity contribution in [2.45, 2.75) is 10.1 Å². The van der Waals surface area contributed by atoms with Crippen molar-refractivity contribution >= 4 is 22.5 Å². The van der Waals surface area contributed by atoms with E-state index in [1.54, 1.807) is 0 Å². The first-order valence-corrected chi connectivity index (χ1v) is 7.58. The Morgan fingerprint density at radius 3 is 2.30 bits per heavy atom. The van der Waals surface area contributed by atoms with Gasteiger partial charge in [-0.2, -0.15) is 0 Å². The number of thioether (sulfide) groups is 1. The number of hydrogen-bond acceptors (Lipinski definition) is 1. The topological polar surface area (TPSA) is 0 Å². The monoisotopic (exact) mass is 276 g/mol. The predicted molar refractivity (Wildman–Crippen MR) is 89.2 cm³/mol. The van der Waals surface area contributed by atoms with E-state index in [1.165, 1.54) is 21.2 Å². The highest BCUT2D eigenvalue weighted by molar-refractivity contribution is 7.99. The van der Waals surface area contributed by atoms with Crippen molar-refractivity contribution in [3.05, 3.63) is 91.0 Å². The zero-order chi connectivity index (χ0) is 13.8. The van der Waals surface area contributed by atoms with Gasteiger partial charge < -0.3 is 0 Å². The van der Waals surface area contributed by atoms with Crippen LogP contribution in [0, 0.1) is 0 Å². The van der Waals surface area contributed by atoms with Crippen molar-refractivity contribution < 1.29 is 0 Å². The van der Waals surface area contributed by atoms with E-state index in [4.69, 9.17) is 0 Å². The van der Waals surface area contributed by atoms with Crippen LogP contribution in [0.2, 0.25) is 0 Å². The molecule has 0 aliphatic carbocycles. The molecule has 20 heavy (non-hydrogen) atoms. The Labute approximate surface area is 124 Å². The Balaban J connectivity index is 2.01. The molecule has 0 saturated heterocycles. The fourth-order valence-corrected chi connectivity index (χ4v) is 3.42. The molecule has 0 N–H and O–H groups in total. The molecule has 0 nitrogen and oxygen atoms in total. The number of hydrogen-bond donors (Lipinski definition) is 0. The Hall–Kier alpha value is -1.99. The fraction of sp³-hybridized carbons (Fsp3) is 0.0526. The molecule has 1 unspecified atom stereocenters. The van der Waals surface area contributed by atoms with Gasteiger partial charge in [0.15, 0.2) is 0 Å². The first-order valence-electron chi connectivity index (χ1n) is 6.70. The van der Waals surface area contributed by atoms with Crippen molar-refractivity contribution in [2.75, 3.05) is 0 Å². The molecule has 1 atom stereocenters. The summed E-state index contributed by atoms with van der Waals surface area (Å²) in [6.07, 6.45) is 2.03. The third-order valence-corrected chi connectivity index (χ3v) is 4.59. The van der Waals surface area contributed by atoms with Crippen molar-refractivity contribution in [3.63, 3.8) is 0 Å². The lowest BCUT2D eigenvalue weighted by atomic mass is 10.0. The van der Waals surface area contributed by atoms with E-state index >= 15 is 0 Å². The van der Waals surface area contributed by atoms with Crippen LogP contribution < -0.4 is 0 Å². The molecule has 3 aromatic carbocycles. The third-order valence-electron chi connectivity index (χ3n) is 3.35. The third kappa shape index (κ3) is 2.63. The maximum atomic E-state index is 4.02. The summed E-state index contributed by atoms with van der Waals surface area (Å²) in [5.74, 6) is 0. The quantitative estimate of drug-likeness (QED) is 0.425. The molecule has 3 aromatic rings. The molecular formula is C19H16S. The summed E-state index contributed by atoms with van der Waals surface area (Å²) in [5, 5.41) is 2.86. The van der Waals surface area contributed by atoms with E-state index in [0.29, 0.717) is 0 Å². The first kappa shape index (κ1) is 13.0. The molecule has 1 heteroatoms. The predicted octanol–water partition coefficient (Wildman–Crippen LogP) is 5.86. The summed E-state index contributed by atoms with van der Waals surface area (Å²) in [5.41, 5.74) is 1.33. The second kappa shape index (κ2) is 5.98. The normalized spacial score (nSPS) is 12.2. The zero-order valence-electron chi connectivity index (χ0n) is 11.2. The highest BCUT2D eigenvalue weighted by atomic mass is 32.2. The minimum Gasteiger partial charge on any atom is -0.114 e. The van der Waals surface area contributed by atoms with E-state index in [2.05, 4.69) is 73.3 Å². The standard InChI is InChI=1S/C19H16S/c1-2-19(20-16-11-4-3-5-12-16)18-14-8-10-15-9-6-7-13-17(15)18/h2-14,19H,1H2. The number of fused-ring (bicyclic) bond motifs is 1. The molecule has 0 spiro atoms. The molecule has 0 heterocycles. The van der Waals surface area contributed by atoms with E-state index in [-0.39, 0.29) is 5.25 Å². The lowest BCUT2D eigenvalue weighted by molar-refractivity contribution is 1.25. The van der Waals surface area contributed by atoms with Gasteiger partial charge in [-0.3, -0.25) is 0 Å². The van der Waals surface area contributed by atoms with Gasteiger partial charge in [0.25, 0.3) is 0 Å². The van der Waals surface area contributed by atoms with Crippen LogP contribution >= 0.6 is 11.8 Å². The second-order valence-electron chi connectivity index (χ2n) is 4.66. The average Bonchev–Trinajstić information content (AvgIpc) is 2.53. The molecule has 0 amide bonds. The van der Waals surface area contributed by atoms with Crippen LogP contribution in [0.4, 0.5) is 0 Å². The molecule has 0 aromatic heterocycles. The number of benzene rings is 3. The number of rotatable bonds is 4. The summed E-state index contributed by atoms with van der Waals surface area (Å²) in [4.78, 5) is 1.27. The highest BCUT2D eigenvalue weighted by Crippen LogP contribution is 2.38. The van der Waals surface area contributed by atoms with Gasteiger partial charge in [-0.25, -0.2) is 0 Å². The maximum absolute atomic E-state index is 4.02. The molecule has 3 rings (SSSR count). The van der Waals surface area contributed by atoms with Gasteiger partial charge in [0.1, 0.15) is 0 Å². The maximum Gasteiger partial charge on any atom is 0.0528 e. The molecule has 0 radical (unpaired) electrons. The molecule has 0 aliphatic rings. The Kier molecular flexibility index (Phi) is 3.89. The SMILES string of the molecule is C=CC(Sc1ccccc1)c1cccc2ccccc12. The van der Waals surface area contributed by atoms with Crippen LogP contribution in [0.25, 0.3) is 10.8 Å². The van der Waals surface area contributed by atoms with E-state index < -0.39 is 0 Å². The van der Waals surface area contributed by atoms with Crippen LogP contribution in [-0.4, -0.2) is 0 Å². The molecule has 0 fully saturated rings. The van der Waals surface area contributed by atoms with Crippen LogP contribution in [0.1, 0.15) is 10.8 Å². The molecule has 98 valence electrons. The van der Waals surface area contributed by atoms with Gasteiger partial charge in [0, 0.05) is 4.90 Å². The van der Waals surface area contributed by atoms with Crippen LogP contribution in [0.3, 0.4) is 0 Å². The minimum absolute atomic E-state index is 0.267. The molecule has 0 saturated carbocycles. The average molecular weight is 276 g/mol. The fourth-order valence-electron chi connectivity index (χ4n) is 2.38. The minimum atomic E-state index is 0.267. The van der Waals surface area contributed by atoms with Crippen molar-refractivity contribution in [1.82, 2.24) is 0 Å². The summed E-state index contributed by atoms with van der Waals surface area (Å²) >= 11 is 1.84. The van der Waals surface area contributed by atoms with E-state index in [9.17, 15) is 0 Å². The van der Waals surface area contributed by atoms with Gasteiger partial charge in [0.05, 0.1) is 5.25 Å². The van der Waals surface area contributed by atoms with Crippen molar-refractivity contribution in [2.24, 2.45) is 0 Å². The smallest absolute Gasteiger partial charge is 0.0528 e. The summed E-state index contributed by atoms with van der Waals surface area (Å²) in [6, 6.07) is 25.5. The molecular weight excluding hydrogens is 260 g/mol. The van der Waals surface area contributed by atoms with E-state index in [0.717, 1.165) is 0 Å². The Morgan fingerprint density at radius 2 is 1.50 bits per heavy atom. The van der Waals surface area contributed by atoms with E-state index in [1.807, 2.05) is 23.9 Å². The lowest BCUT2D eigenvalue weighted by Crippen LogP contribution is -1.91.